The third kappa shape index (κ3) is 3.63. The van der Waals surface area contributed by atoms with Crippen molar-refractivity contribution >= 4 is 42.9 Å². The van der Waals surface area contributed by atoms with Gasteiger partial charge >= 0.3 is 0 Å². The van der Waals surface area contributed by atoms with Crippen molar-refractivity contribution < 1.29 is 0 Å². The lowest BCUT2D eigenvalue weighted by atomic mass is 9.84. The molecule has 4 aromatic rings. The largest absolute Gasteiger partial charge is 0.354 e. The van der Waals surface area contributed by atoms with Crippen molar-refractivity contribution in [2.24, 2.45) is 0 Å². The van der Waals surface area contributed by atoms with Gasteiger partial charge in [-0.25, -0.2) is 0 Å². The van der Waals surface area contributed by atoms with Crippen molar-refractivity contribution in [3.63, 3.8) is 0 Å². The quantitative estimate of drug-likeness (QED) is 0.353. The summed E-state index contributed by atoms with van der Waals surface area (Å²) in [5, 5.41) is 6.43. The van der Waals surface area contributed by atoms with Gasteiger partial charge in [-0.3, -0.25) is 0 Å². The van der Waals surface area contributed by atoms with E-state index < -0.39 is 0 Å². The van der Waals surface area contributed by atoms with Gasteiger partial charge in [0.05, 0.1) is 10.4 Å². The Balaban J connectivity index is 1.50. The van der Waals surface area contributed by atoms with E-state index in [1.165, 1.54) is 74.8 Å². The predicted octanol–water partition coefficient (Wildman–Crippen LogP) is 9.14. The Kier molecular flexibility index (Phi) is 5.06. The van der Waals surface area contributed by atoms with Gasteiger partial charge in [-0.05, 0) is 53.5 Å². The van der Waals surface area contributed by atoms with Crippen LogP contribution in [0, 0.1) is 0 Å². The molecule has 30 heavy (non-hydrogen) atoms. The van der Waals surface area contributed by atoms with Crippen LogP contribution in [0.25, 0.3) is 20.2 Å². The Morgan fingerprint density at radius 2 is 1.43 bits per heavy atom. The van der Waals surface area contributed by atoms with Crippen LogP contribution >= 0.6 is 11.3 Å². The molecule has 0 atom stereocenters. The molecule has 1 saturated carbocycles. The highest BCUT2D eigenvalue weighted by Crippen LogP contribution is 2.43. The molecule has 1 nitrogen and oxygen atoms in total. The Morgan fingerprint density at radius 3 is 2.13 bits per heavy atom. The van der Waals surface area contributed by atoms with Gasteiger partial charge in [0.1, 0.15) is 0 Å². The van der Waals surface area contributed by atoms with Crippen molar-refractivity contribution in [3.05, 3.63) is 71.8 Å². The molecule has 0 radical (unpaired) electrons. The van der Waals surface area contributed by atoms with Crippen LogP contribution in [0.4, 0.5) is 11.4 Å². The molecule has 3 aromatic carbocycles. The smallest absolute Gasteiger partial charge is 0.0590 e. The summed E-state index contributed by atoms with van der Waals surface area (Å²) in [6.07, 6.45) is 6.88. The summed E-state index contributed by atoms with van der Waals surface area (Å²) in [5.41, 5.74) is 5.47. The van der Waals surface area contributed by atoms with Crippen LogP contribution in [-0.2, 0) is 5.41 Å². The predicted molar refractivity (Wildman–Crippen MR) is 134 cm³/mol. The lowest BCUT2D eigenvalue weighted by Crippen LogP contribution is -2.10. The molecular weight excluding hydrogens is 382 g/mol. The van der Waals surface area contributed by atoms with Crippen molar-refractivity contribution in [3.8, 4) is 0 Å². The minimum atomic E-state index is 0.142. The zero-order valence-corrected chi connectivity index (χ0v) is 19.1. The molecule has 5 rings (SSSR count). The Labute approximate surface area is 184 Å². The molecule has 0 aliphatic heterocycles. The average molecular weight is 414 g/mol. The number of fused-ring (bicyclic) bond motifs is 3. The second-order valence-electron chi connectivity index (χ2n) is 9.80. The van der Waals surface area contributed by atoms with Crippen LogP contribution in [0.15, 0.2) is 60.7 Å². The van der Waals surface area contributed by atoms with Crippen molar-refractivity contribution in [1.29, 1.82) is 0 Å². The molecule has 0 unspecified atom stereocenters. The molecule has 0 saturated heterocycles. The van der Waals surface area contributed by atoms with Crippen molar-refractivity contribution in [2.75, 3.05) is 5.32 Å². The monoisotopic (exact) mass is 413 g/mol. The standard InChI is InChI=1S/C28H31NS/c1-28(2,3)24-13-7-11-22-23-12-8-14-25(27(23)30-26(22)24)29-21-17-15-20(16-18-21)19-9-5-4-6-10-19/h7-8,11-19,29H,4-6,9-10H2,1-3H3. The summed E-state index contributed by atoms with van der Waals surface area (Å²) in [6, 6.07) is 22.6. The molecule has 1 aromatic heterocycles. The number of hydrogen-bond acceptors (Lipinski definition) is 2. The summed E-state index contributed by atoms with van der Waals surface area (Å²) in [6.45, 7) is 6.91. The van der Waals surface area contributed by atoms with E-state index in [1.807, 2.05) is 11.3 Å². The van der Waals surface area contributed by atoms with Crippen LogP contribution in [-0.4, -0.2) is 0 Å². The lowest BCUT2D eigenvalue weighted by molar-refractivity contribution is 0.443. The molecule has 0 bridgehead atoms. The molecule has 0 spiro atoms. The van der Waals surface area contributed by atoms with Gasteiger partial charge < -0.3 is 5.32 Å². The molecule has 1 fully saturated rings. The van der Waals surface area contributed by atoms with Gasteiger partial charge in [-0.1, -0.05) is 82.5 Å². The molecule has 154 valence electrons. The number of thiophene rings is 1. The van der Waals surface area contributed by atoms with Gasteiger partial charge in [0.2, 0.25) is 0 Å². The minimum absolute atomic E-state index is 0.142. The van der Waals surface area contributed by atoms with Crippen molar-refractivity contribution in [2.45, 2.75) is 64.2 Å². The third-order valence-corrected chi connectivity index (χ3v) is 7.89. The van der Waals surface area contributed by atoms with E-state index in [0.29, 0.717) is 0 Å². The fraction of sp³-hybridized carbons (Fsp3) is 0.357. The second-order valence-corrected chi connectivity index (χ2v) is 10.8. The summed E-state index contributed by atoms with van der Waals surface area (Å²) in [4.78, 5) is 0. The average Bonchev–Trinajstić information content (AvgIpc) is 3.14. The van der Waals surface area contributed by atoms with Gasteiger partial charge in [0.15, 0.2) is 0 Å². The molecule has 2 heteroatoms. The SMILES string of the molecule is CC(C)(C)c1cccc2c1sc1c(Nc3ccc(C4CCCCC4)cc3)cccc12. The first-order chi connectivity index (χ1) is 14.5. The second kappa shape index (κ2) is 7.74. The molecule has 0 amide bonds. The van der Waals surface area contributed by atoms with Crippen LogP contribution in [0.3, 0.4) is 0 Å². The van der Waals surface area contributed by atoms with Crippen LogP contribution in [0.1, 0.15) is 69.9 Å². The number of benzene rings is 3. The van der Waals surface area contributed by atoms with Crippen LogP contribution < -0.4 is 5.32 Å². The summed E-state index contributed by atoms with van der Waals surface area (Å²) < 4.78 is 2.77. The molecule has 1 N–H and O–H groups in total. The summed E-state index contributed by atoms with van der Waals surface area (Å²) >= 11 is 1.92. The number of anilines is 2. The molecule has 1 heterocycles. The highest BCUT2D eigenvalue weighted by molar-refractivity contribution is 7.26. The van der Waals surface area contributed by atoms with E-state index in [9.17, 15) is 0 Å². The fourth-order valence-electron chi connectivity index (χ4n) is 4.94. The zero-order valence-electron chi connectivity index (χ0n) is 18.3. The summed E-state index contributed by atoms with van der Waals surface area (Å²) in [7, 11) is 0. The number of hydrogen-bond donors (Lipinski definition) is 1. The van der Waals surface area contributed by atoms with E-state index >= 15 is 0 Å². The Bertz CT molecular complexity index is 1170. The first kappa shape index (κ1) is 19.6. The van der Waals surface area contributed by atoms with E-state index in [2.05, 4.69) is 86.8 Å². The number of rotatable bonds is 3. The third-order valence-electron chi connectivity index (χ3n) is 6.60. The number of nitrogens with one attached hydrogen (secondary N) is 1. The van der Waals surface area contributed by atoms with E-state index in [1.54, 1.807) is 0 Å². The highest BCUT2D eigenvalue weighted by Gasteiger charge is 2.20. The molecule has 1 aliphatic carbocycles. The van der Waals surface area contributed by atoms with Crippen molar-refractivity contribution in [1.82, 2.24) is 0 Å². The first-order valence-electron chi connectivity index (χ1n) is 11.3. The minimum Gasteiger partial charge on any atom is -0.354 e. The van der Waals surface area contributed by atoms with Gasteiger partial charge in [-0.15, -0.1) is 11.3 Å². The van der Waals surface area contributed by atoms with Gasteiger partial charge in [-0.2, -0.15) is 0 Å². The van der Waals surface area contributed by atoms with E-state index in [4.69, 9.17) is 0 Å². The maximum absolute atomic E-state index is 3.71. The van der Waals surface area contributed by atoms with E-state index in [0.717, 1.165) is 5.92 Å². The van der Waals surface area contributed by atoms with Gasteiger partial charge in [0.25, 0.3) is 0 Å². The topological polar surface area (TPSA) is 12.0 Å². The molecule has 1 aliphatic rings. The highest BCUT2D eigenvalue weighted by atomic mass is 32.1. The normalized spacial score (nSPS) is 15.7. The maximum Gasteiger partial charge on any atom is 0.0590 e. The maximum atomic E-state index is 3.71. The Hall–Kier alpha value is -2.32. The first-order valence-corrected chi connectivity index (χ1v) is 12.1. The van der Waals surface area contributed by atoms with E-state index in [-0.39, 0.29) is 5.41 Å². The lowest BCUT2D eigenvalue weighted by Gasteiger charge is -2.22. The summed E-state index contributed by atoms with van der Waals surface area (Å²) in [5.74, 6) is 0.759. The Morgan fingerprint density at radius 1 is 0.767 bits per heavy atom. The van der Waals surface area contributed by atoms with Gasteiger partial charge in [0, 0.05) is 21.2 Å². The molecular formula is C28H31NS. The van der Waals surface area contributed by atoms with Crippen LogP contribution in [0.2, 0.25) is 0 Å². The zero-order chi connectivity index (χ0) is 20.7. The van der Waals surface area contributed by atoms with Crippen LogP contribution in [0.5, 0.6) is 0 Å². The fourth-order valence-corrected chi connectivity index (χ4v) is 6.43.